The van der Waals surface area contributed by atoms with Crippen LogP contribution in [0.25, 0.3) is 0 Å². The third kappa shape index (κ3) is 1.32. The van der Waals surface area contributed by atoms with Crippen molar-refractivity contribution in [1.82, 2.24) is 0 Å². The van der Waals surface area contributed by atoms with Crippen LogP contribution in [0.4, 0.5) is 0 Å². The lowest BCUT2D eigenvalue weighted by Crippen LogP contribution is -1.98. The van der Waals surface area contributed by atoms with Gasteiger partial charge in [-0.2, -0.15) is 5.26 Å². The fourth-order valence-electron chi connectivity index (χ4n) is 1.53. The van der Waals surface area contributed by atoms with Gasteiger partial charge in [0, 0.05) is 5.56 Å². The zero-order valence-corrected chi connectivity index (χ0v) is 8.54. The van der Waals surface area contributed by atoms with E-state index in [1.807, 2.05) is 6.07 Å². The maximum absolute atomic E-state index is 11.5. The van der Waals surface area contributed by atoms with Crippen molar-refractivity contribution in [2.24, 2.45) is 0 Å². The number of benzene rings is 1. The second-order valence-electron chi connectivity index (χ2n) is 2.96. The van der Waals surface area contributed by atoms with Crippen molar-refractivity contribution in [1.29, 1.82) is 5.26 Å². The second kappa shape index (κ2) is 3.44. The van der Waals surface area contributed by atoms with E-state index in [2.05, 4.69) is 0 Å². The Labute approximate surface area is 91.0 Å². The van der Waals surface area contributed by atoms with Crippen LogP contribution in [-0.4, -0.2) is 13.1 Å². The summed E-state index contributed by atoms with van der Waals surface area (Å²) in [5, 5.41) is 9.09. The van der Waals surface area contributed by atoms with Gasteiger partial charge in [-0.05, 0) is 6.07 Å². The number of hydrogen-bond donors (Lipinski definition) is 0. The van der Waals surface area contributed by atoms with Gasteiger partial charge < -0.3 is 9.47 Å². The number of halogens is 1. The minimum atomic E-state index is -0.862. The minimum Gasteiger partial charge on any atom is -0.494 e. The molecule has 1 atom stereocenters. The molecule has 0 amide bonds. The highest BCUT2D eigenvalue weighted by molar-refractivity contribution is 6.32. The van der Waals surface area contributed by atoms with Crippen LogP contribution >= 0.6 is 11.6 Å². The Morgan fingerprint density at radius 2 is 2.33 bits per heavy atom. The third-order valence-corrected chi connectivity index (χ3v) is 2.47. The highest BCUT2D eigenvalue weighted by atomic mass is 35.5. The summed E-state index contributed by atoms with van der Waals surface area (Å²) in [6.45, 7) is 0. The summed E-state index contributed by atoms with van der Waals surface area (Å²) in [7, 11) is 1.41. The summed E-state index contributed by atoms with van der Waals surface area (Å²) >= 11 is 5.85. The number of carbonyl (C=O) groups excluding carboxylic acids is 1. The first kappa shape index (κ1) is 9.81. The largest absolute Gasteiger partial charge is 0.494 e. The van der Waals surface area contributed by atoms with E-state index in [4.69, 9.17) is 26.3 Å². The molecule has 1 aromatic carbocycles. The minimum absolute atomic E-state index is 0.247. The van der Waals surface area contributed by atoms with Crippen LogP contribution in [0.5, 0.6) is 5.75 Å². The number of nitriles is 1. The Balaban J connectivity index is 2.68. The monoisotopic (exact) mass is 223 g/mol. The van der Waals surface area contributed by atoms with E-state index in [0.717, 1.165) is 0 Å². The molecule has 2 rings (SSSR count). The third-order valence-electron chi connectivity index (χ3n) is 2.17. The van der Waals surface area contributed by atoms with Crippen molar-refractivity contribution < 1.29 is 14.3 Å². The number of hydrogen-bond acceptors (Lipinski definition) is 4. The van der Waals surface area contributed by atoms with Gasteiger partial charge in [0.05, 0.1) is 12.1 Å². The molecule has 1 unspecified atom stereocenters. The van der Waals surface area contributed by atoms with Crippen molar-refractivity contribution in [3.8, 4) is 11.8 Å². The molecule has 0 fully saturated rings. The van der Waals surface area contributed by atoms with Crippen LogP contribution in [0, 0.1) is 11.3 Å². The molecule has 1 aliphatic rings. The molecule has 0 aromatic heterocycles. The predicted molar refractivity (Wildman–Crippen MR) is 51.8 cm³/mol. The summed E-state index contributed by atoms with van der Waals surface area (Å²) < 4.78 is 9.85. The van der Waals surface area contributed by atoms with Gasteiger partial charge in [0.15, 0.2) is 5.75 Å². The van der Waals surface area contributed by atoms with Gasteiger partial charge in [-0.25, -0.2) is 4.79 Å². The number of carbonyl (C=O) groups is 1. The van der Waals surface area contributed by atoms with Gasteiger partial charge in [-0.3, -0.25) is 0 Å². The Hall–Kier alpha value is -1.73. The average molecular weight is 224 g/mol. The predicted octanol–water partition coefficient (Wildman–Crippen LogP) is 2.08. The first-order chi connectivity index (χ1) is 7.19. The molecule has 15 heavy (non-hydrogen) atoms. The van der Waals surface area contributed by atoms with E-state index < -0.39 is 12.1 Å². The van der Waals surface area contributed by atoms with E-state index in [1.54, 1.807) is 12.1 Å². The number of fused-ring (bicyclic) bond motifs is 1. The molecule has 1 aliphatic heterocycles. The van der Waals surface area contributed by atoms with Crippen LogP contribution in [0.2, 0.25) is 5.02 Å². The van der Waals surface area contributed by atoms with Gasteiger partial charge in [0.1, 0.15) is 11.6 Å². The SMILES string of the molecule is COc1c(Cl)ccc2c1C(=O)OC2C#N. The summed E-state index contributed by atoms with van der Waals surface area (Å²) in [5.41, 5.74) is 0.750. The highest BCUT2D eigenvalue weighted by Crippen LogP contribution is 2.39. The fraction of sp³-hybridized carbons (Fsp3) is 0.200. The van der Waals surface area contributed by atoms with Crippen molar-refractivity contribution in [2.45, 2.75) is 6.10 Å². The first-order valence-corrected chi connectivity index (χ1v) is 4.53. The van der Waals surface area contributed by atoms with Crippen molar-refractivity contribution >= 4 is 17.6 Å². The van der Waals surface area contributed by atoms with Crippen LogP contribution in [0.1, 0.15) is 22.0 Å². The van der Waals surface area contributed by atoms with Crippen LogP contribution in [0.3, 0.4) is 0 Å². The maximum atomic E-state index is 11.5. The van der Waals surface area contributed by atoms with Gasteiger partial charge in [-0.1, -0.05) is 17.7 Å². The lowest BCUT2D eigenvalue weighted by Gasteiger charge is -2.05. The van der Waals surface area contributed by atoms with Crippen molar-refractivity contribution in [3.05, 3.63) is 28.3 Å². The molecule has 1 heterocycles. The Kier molecular flexibility index (Phi) is 2.25. The normalized spacial score (nSPS) is 17.9. The van der Waals surface area contributed by atoms with Gasteiger partial charge in [0.2, 0.25) is 6.10 Å². The molecule has 1 aromatic rings. The number of rotatable bonds is 1. The average Bonchev–Trinajstić information content (AvgIpc) is 2.56. The number of esters is 1. The zero-order valence-electron chi connectivity index (χ0n) is 7.78. The molecule has 0 radical (unpaired) electrons. The van der Waals surface area contributed by atoms with E-state index in [9.17, 15) is 4.79 Å². The molecule has 5 heteroatoms. The molecule has 0 aliphatic carbocycles. The first-order valence-electron chi connectivity index (χ1n) is 4.16. The van der Waals surface area contributed by atoms with E-state index in [-0.39, 0.29) is 11.3 Å². The standard InChI is InChI=1S/C10H6ClNO3/c1-14-9-6(11)3-2-5-7(4-12)15-10(13)8(5)9/h2-3,7H,1H3. The Morgan fingerprint density at radius 1 is 1.60 bits per heavy atom. The Morgan fingerprint density at radius 3 is 2.93 bits per heavy atom. The van der Waals surface area contributed by atoms with Gasteiger partial charge >= 0.3 is 5.97 Å². The fourth-order valence-corrected chi connectivity index (χ4v) is 1.76. The highest BCUT2D eigenvalue weighted by Gasteiger charge is 2.35. The van der Waals surface area contributed by atoms with Crippen molar-refractivity contribution in [3.63, 3.8) is 0 Å². The molecule has 0 saturated heterocycles. The van der Waals surface area contributed by atoms with E-state index >= 15 is 0 Å². The van der Waals surface area contributed by atoms with Crippen LogP contribution in [-0.2, 0) is 4.74 Å². The van der Waals surface area contributed by atoms with E-state index in [1.165, 1.54) is 7.11 Å². The summed E-state index contributed by atoms with van der Waals surface area (Å²) in [4.78, 5) is 11.5. The molecule has 0 N–H and O–H groups in total. The van der Waals surface area contributed by atoms with E-state index in [0.29, 0.717) is 10.6 Å². The molecule has 0 spiro atoms. The molecular formula is C10H6ClNO3. The Bertz CT molecular complexity index is 478. The summed E-state index contributed by atoms with van der Waals surface area (Å²) in [5.74, 6) is -0.312. The molecular weight excluding hydrogens is 218 g/mol. The van der Waals surface area contributed by atoms with Gasteiger partial charge in [0.25, 0.3) is 0 Å². The summed E-state index contributed by atoms with van der Waals surface area (Å²) in [6, 6.07) is 5.05. The number of ether oxygens (including phenoxy) is 2. The topological polar surface area (TPSA) is 59.3 Å². The van der Waals surface area contributed by atoms with Gasteiger partial charge in [-0.15, -0.1) is 0 Å². The zero-order chi connectivity index (χ0) is 11.0. The summed E-state index contributed by atoms with van der Waals surface area (Å²) in [6.07, 6.45) is -0.862. The number of methoxy groups -OCH3 is 1. The number of nitrogens with zero attached hydrogens (tertiary/aromatic N) is 1. The lowest BCUT2D eigenvalue weighted by molar-refractivity contribution is 0.0476. The molecule has 4 nitrogen and oxygen atoms in total. The number of cyclic esters (lactones) is 1. The van der Waals surface area contributed by atoms with Crippen LogP contribution < -0.4 is 4.74 Å². The molecule has 0 saturated carbocycles. The molecule has 0 bridgehead atoms. The van der Waals surface area contributed by atoms with Crippen LogP contribution in [0.15, 0.2) is 12.1 Å². The maximum Gasteiger partial charge on any atom is 0.344 e. The lowest BCUT2D eigenvalue weighted by atomic mass is 10.0. The van der Waals surface area contributed by atoms with Crippen molar-refractivity contribution in [2.75, 3.05) is 7.11 Å². The smallest absolute Gasteiger partial charge is 0.344 e. The molecule has 76 valence electrons. The quantitative estimate of drug-likeness (QED) is 0.684. The second-order valence-corrected chi connectivity index (χ2v) is 3.37.